The Balaban J connectivity index is 1.92. The summed E-state index contributed by atoms with van der Waals surface area (Å²) >= 11 is 0. The van der Waals surface area contributed by atoms with Gasteiger partial charge >= 0.3 is 0 Å². The molecule has 0 atom stereocenters. The quantitative estimate of drug-likeness (QED) is 0.424. The molecule has 0 amide bonds. The molecule has 0 aliphatic heterocycles. The molecule has 0 nitrogen and oxygen atoms in total. The highest BCUT2D eigenvalue weighted by molar-refractivity contribution is 5.91. The summed E-state index contributed by atoms with van der Waals surface area (Å²) in [5, 5.41) is 2.54. The van der Waals surface area contributed by atoms with Crippen LogP contribution in [0.15, 0.2) is 91.0 Å². The monoisotopic (exact) mass is 279 g/mol. The molecule has 0 fully saturated rings. The number of hydrogen-bond acceptors (Lipinski definition) is 0. The predicted molar refractivity (Wildman–Crippen MR) is 93.7 cm³/mol. The van der Waals surface area contributed by atoms with E-state index in [1.54, 1.807) is 0 Å². The largest absolute Gasteiger partial charge is 0.0616 e. The van der Waals surface area contributed by atoms with Gasteiger partial charge in [0.05, 0.1) is 0 Å². The number of rotatable bonds is 2. The van der Waals surface area contributed by atoms with E-state index < -0.39 is 0 Å². The van der Waals surface area contributed by atoms with Crippen LogP contribution in [0.1, 0.15) is 0 Å². The average molecular weight is 279 g/mol. The van der Waals surface area contributed by atoms with E-state index in [1.165, 1.54) is 27.5 Å². The first kappa shape index (κ1) is 12.8. The van der Waals surface area contributed by atoms with Crippen molar-refractivity contribution in [2.75, 3.05) is 0 Å². The second kappa shape index (κ2) is 5.50. The summed E-state index contributed by atoms with van der Waals surface area (Å²) in [7, 11) is 0. The zero-order valence-corrected chi connectivity index (χ0v) is 12.2. The molecule has 22 heavy (non-hydrogen) atoms. The van der Waals surface area contributed by atoms with Crippen molar-refractivity contribution in [3.05, 3.63) is 97.1 Å². The van der Waals surface area contributed by atoms with Crippen LogP contribution in [0.5, 0.6) is 0 Å². The number of fused-ring (bicyclic) bond motifs is 1. The van der Waals surface area contributed by atoms with Gasteiger partial charge in [-0.3, -0.25) is 0 Å². The first-order chi connectivity index (χ1) is 10.9. The van der Waals surface area contributed by atoms with Gasteiger partial charge in [-0.2, -0.15) is 0 Å². The van der Waals surface area contributed by atoms with E-state index in [1.807, 2.05) is 12.1 Å². The molecular weight excluding hydrogens is 264 g/mol. The standard InChI is InChI=1S/C22H15/c1-2-9-18(10-3-1)21-12-6-7-13-22(21)20-15-14-17-8-4-5-11-19(17)16-20/h1-9,11-16H. The lowest BCUT2D eigenvalue weighted by Crippen LogP contribution is -1.85. The average Bonchev–Trinajstić information content (AvgIpc) is 2.62. The third-order valence-electron chi connectivity index (χ3n) is 3.99. The van der Waals surface area contributed by atoms with Gasteiger partial charge in [-0.25, -0.2) is 0 Å². The van der Waals surface area contributed by atoms with Crippen LogP contribution >= 0.6 is 0 Å². The van der Waals surface area contributed by atoms with Crippen molar-refractivity contribution in [2.24, 2.45) is 0 Å². The molecule has 0 N–H and O–H groups in total. The number of hydrogen-bond donors (Lipinski definition) is 0. The van der Waals surface area contributed by atoms with E-state index in [-0.39, 0.29) is 0 Å². The highest BCUT2D eigenvalue weighted by atomic mass is 14.1. The maximum absolute atomic E-state index is 3.33. The van der Waals surface area contributed by atoms with Gasteiger partial charge in [0, 0.05) is 0 Å². The highest BCUT2D eigenvalue weighted by Gasteiger charge is 2.07. The van der Waals surface area contributed by atoms with Crippen molar-refractivity contribution in [3.63, 3.8) is 0 Å². The third kappa shape index (κ3) is 2.29. The molecule has 0 heteroatoms. The second-order valence-corrected chi connectivity index (χ2v) is 5.38. The third-order valence-corrected chi connectivity index (χ3v) is 3.99. The minimum atomic E-state index is 1.13. The van der Waals surface area contributed by atoms with Crippen LogP contribution in [0, 0.1) is 6.07 Å². The van der Waals surface area contributed by atoms with Crippen LogP contribution in [-0.4, -0.2) is 0 Å². The zero-order valence-electron chi connectivity index (χ0n) is 12.2. The summed E-state index contributed by atoms with van der Waals surface area (Å²) in [6.07, 6.45) is 0. The van der Waals surface area contributed by atoms with E-state index in [2.05, 4.69) is 84.9 Å². The Morgan fingerprint density at radius 2 is 1.27 bits per heavy atom. The molecule has 0 aromatic heterocycles. The van der Waals surface area contributed by atoms with E-state index in [4.69, 9.17) is 0 Å². The number of benzene rings is 4. The maximum Gasteiger partial charge on any atom is -0.00990 e. The summed E-state index contributed by atoms with van der Waals surface area (Å²) in [6.45, 7) is 0. The van der Waals surface area contributed by atoms with Crippen LogP contribution in [-0.2, 0) is 0 Å². The van der Waals surface area contributed by atoms with Gasteiger partial charge in [0.15, 0.2) is 0 Å². The summed E-state index contributed by atoms with van der Waals surface area (Å²) in [6, 6.07) is 35.1. The molecule has 0 heterocycles. The van der Waals surface area contributed by atoms with Crippen molar-refractivity contribution in [3.8, 4) is 22.3 Å². The van der Waals surface area contributed by atoms with Gasteiger partial charge in [-0.1, -0.05) is 84.9 Å². The van der Waals surface area contributed by atoms with E-state index in [9.17, 15) is 0 Å². The summed E-state index contributed by atoms with van der Waals surface area (Å²) in [5.41, 5.74) is 4.84. The molecule has 103 valence electrons. The first-order valence-electron chi connectivity index (χ1n) is 7.47. The minimum absolute atomic E-state index is 1.13. The highest BCUT2D eigenvalue weighted by Crippen LogP contribution is 2.33. The molecule has 0 saturated heterocycles. The summed E-state index contributed by atoms with van der Waals surface area (Å²) < 4.78 is 0. The van der Waals surface area contributed by atoms with Crippen LogP contribution < -0.4 is 0 Å². The Hall–Kier alpha value is -2.86. The topological polar surface area (TPSA) is 0 Å². The fraction of sp³-hybridized carbons (Fsp3) is 0. The van der Waals surface area contributed by atoms with Gasteiger partial charge in [-0.05, 0) is 45.2 Å². The van der Waals surface area contributed by atoms with Gasteiger partial charge in [0.1, 0.15) is 0 Å². The molecule has 0 saturated carbocycles. The second-order valence-electron chi connectivity index (χ2n) is 5.38. The fourth-order valence-corrected chi connectivity index (χ4v) is 2.89. The Bertz CT molecular complexity index is 920. The van der Waals surface area contributed by atoms with Gasteiger partial charge in [0.25, 0.3) is 0 Å². The van der Waals surface area contributed by atoms with Crippen LogP contribution in [0.3, 0.4) is 0 Å². The molecule has 0 aliphatic carbocycles. The molecule has 4 rings (SSSR count). The first-order valence-corrected chi connectivity index (χ1v) is 7.47. The zero-order chi connectivity index (χ0) is 14.8. The smallest absolute Gasteiger partial charge is 0.00990 e. The summed E-state index contributed by atoms with van der Waals surface area (Å²) in [5.74, 6) is 0. The lowest BCUT2D eigenvalue weighted by molar-refractivity contribution is 1.59. The van der Waals surface area contributed by atoms with Crippen molar-refractivity contribution >= 4 is 10.8 Å². The van der Waals surface area contributed by atoms with Gasteiger partial charge in [0.2, 0.25) is 0 Å². The Labute approximate surface area is 130 Å². The van der Waals surface area contributed by atoms with Gasteiger partial charge in [-0.15, -0.1) is 0 Å². The van der Waals surface area contributed by atoms with Crippen LogP contribution in [0.2, 0.25) is 0 Å². The SMILES string of the molecule is [c]1ccccc1-c1ccccc1-c1ccc2ccccc2c1. The van der Waals surface area contributed by atoms with Gasteiger partial charge < -0.3 is 0 Å². The van der Waals surface area contributed by atoms with Crippen LogP contribution in [0.4, 0.5) is 0 Å². The molecule has 0 aliphatic rings. The maximum atomic E-state index is 3.33. The minimum Gasteiger partial charge on any atom is -0.0616 e. The normalized spacial score (nSPS) is 10.7. The van der Waals surface area contributed by atoms with Crippen molar-refractivity contribution < 1.29 is 0 Å². The molecule has 0 spiro atoms. The summed E-state index contributed by atoms with van der Waals surface area (Å²) in [4.78, 5) is 0. The lowest BCUT2D eigenvalue weighted by atomic mass is 9.93. The molecule has 1 radical (unpaired) electrons. The fourth-order valence-electron chi connectivity index (χ4n) is 2.89. The molecule has 0 unspecified atom stereocenters. The van der Waals surface area contributed by atoms with E-state index in [0.717, 1.165) is 5.56 Å². The van der Waals surface area contributed by atoms with Crippen LogP contribution in [0.25, 0.3) is 33.0 Å². The molecule has 0 bridgehead atoms. The Kier molecular flexibility index (Phi) is 3.21. The van der Waals surface area contributed by atoms with Crippen molar-refractivity contribution in [1.82, 2.24) is 0 Å². The molecule has 4 aromatic carbocycles. The van der Waals surface area contributed by atoms with E-state index in [0.29, 0.717) is 0 Å². The molecular formula is C22H15. The predicted octanol–water partition coefficient (Wildman–Crippen LogP) is 5.97. The Morgan fingerprint density at radius 1 is 0.545 bits per heavy atom. The van der Waals surface area contributed by atoms with E-state index >= 15 is 0 Å². The Morgan fingerprint density at radius 3 is 2.09 bits per heavy atom. The van der Waals surface area contributed by atoms with Crippen molar-refractivity contribution in [2.45, 2.75) is 0 Å². The molecule has 4 aromatic rings. The van der Waals surface area contributed by atoms with Crippen molar-refractivity contribution in [1.29, 1.82) is 0 Å². The lowest BCUT2D eigenvalue weighted by Gasteiger charge is -2.10.